The fourth-order valence-corrected chi connectivity index (χ4v) is 5.01. The van der Waals surface area contributed by atoms with Crippen molar-refractivity contribution in [2.24, 2.45) is 23.7 Å². The Morgan fingerprint density at radius 3 is 1.45 bits per heavy atom. The molecule has 8 atom stereocenters. The van der Waals surface area contributed by atoms with Crippen LogP contribution in [0.5, 0.6) is 11.5 Å². The quantitative estimate of drug-likeness (QED) is 0.138. The van der Waals surface area contributed by atoms with Crippen LogP contribution in [0.15, 0.2) is 48.5 Å². The molecule has 10 nitrogen and oxygen atoms in total. The Labute approximate surface area is 314 Å². The number of ether oxygens (including phenoxy) is 6. The maximum Gasteiger partial charge on any atom is 0.305 e. The lowest BCUT2D eigenvalue weighted by Crippen LogP contribution is -2.49. The number of hydrogen-bond acceptors (Lipinski definition) is 10. The fraction of sp³-hybridized carbons (Fsp3) is 0.545. The Bertz CT molecular complexity index is 1200. The van der Waals surface area contributed by atoms with Crippen LogP contribution < -0.4 is 4.74 Å². The molecule has 0 bridgehead atoms. The predicted molar refractivity (Wildman–Crippen MR) is 196 cm³/mol. The van der Waals surface area contributed by atoms with Crippen molar-refractivity contribution in [2.75, 3.05) is 18.6 Å². The van der Waals surface area contributed by atoms with Gasteiger partial charge in [0.05, 0.1) is 18.6 Å². The molecule has 2 aliphatic heterocycles. The summed E-state index contributed by atoms with van der Waals surface area (Å²) in [5.41, 5.74) is 0. The van der Waals surface area contributed by atoms with E-state index < -0.39 is 30.6 Å². The van der Waals surface area contributed by atoms with Crippen LogP contribution in [-0.2, 0) is 38.1 Å². The van der Waals surface area contributed by atoms with Crippen molar-refractivity contribution in [3.05, 3.63) is 55.7 Å². The normalized spacial score (nSPS) is 26.3. The third-order valence-electron chi connectivity index (χ3n) is 7.19. The van der Waals surface area contributed by atoms with Crippen LogP contribution in [0, 0.1) is 30.8 Å². The van der Waals surface area contributed by atoms with E-state index in [1.165, 1.54) is 20.8 Å². The second-order valence-electron chi connectivity index (χ2n) is 11.0. The second kappa shape index (κ2) is 22.9. The largest absolute Gasteiger partial charge is 0.508 e. The standard InChI is InChI=1S/C15H19IO4.C11H18O5.C6H5IO.CH2Cl2/c1-9-8-18-15(14(10(9)2)19-11(3)17)20-13-6-4-12(16)5-7-13;1-6-5-14-11(16-9(4)13)10(7(6)2)15-8(3)12;7-5-1-3-6(8)4-2-5;2-1-3/h4-7,9-10,14-15H,8H2,1-3H3;6-7,10-11H,5H2,1-4H3;1-4,8H;1H2. The van der Waals surface area contributed by atoms with Gasteiger partial charge in [-0.3, -0.25) is 14.4 Å². The average Bonchev–Trinajstić information content (AvgIpc) is 3.00. The molecule has 4 rings (SSSR count). The summed E-state index contributed by atoms with van der Waals surface area (Å²) in [5.74, 6) is 0.779. The number of phenolic OH excluding ortho intramolecular Hbond substituents is 1. The smallest absolute Gasteiger partial charge is 0.305 e. The zero-order chi connectivity index (χ0) is 35.7. The summed E-state index contributed by atoms with van der Waals surface area (Å²) in [7, 11) is 0. The Morgan fingerprint density at radius 1 is 0.702 bits per heavy atom. The van der Waals surface area contributed by atoms with E-state index in [-0.39, 0.29) is 35.2 Å². The van der Waals surface area contributed by atoms with Crippen molar-refractivity contribution in [2.45, 2.75) is 73.3 Å². The van der Waals surface area contributed by atoms with Crippen LogP contribution in [0.3, 0.4) is 0 Å². The first-order valence-corrected chi connectivity index (χ1v) is 18.1. The van der Waals surface area contributed by atoms with Gasteiger partial charge >= 0.3 is 17.9 Å². The summed E-state index contributed by atoms with van der Waals surface area (Å²) in [4.78, 5) is 33.1. The first-order chi connectivity index (χ1) is 22.1. The van der Waals surface area contributed by atoms with Crippen molar-refractivity contribution in [1.29, 1.82) is 0 Å². The van der Waals surface area contributed by atoms with E-state index in [0.29, 0.717) is 30.6 Å². The van der Waals surface area contributed by atoms with Crippen LogP contribution in [0.4, 0.5) is 0 Å². The molecule has 2 aromatic rings. The van der Waals surface area contributed by atoms with E-state index in [0.717, 1.165) is 7.14 Å². The Kier molecular flexibility index (Phi) is 21.2. The highest BCUT2D eigenvalue weighted by Gasteiger charge is 2.41. The summed E-state index contributed by atoms with van der Waals surface area (Å²) >= 11 is 14.0. The molecule has 264 valence electrons. The maximum absolute atomic E-state index is 11.3. The van der Waals surface area contributed by atoms with E-state index >= 15 is 0 Å². The van der Waals surface area contributed by atoms with E-state index in [9.17, 15) is 14.4 Å². The zero-order valence-electron chi connectivity index (χ0n) is 27.5. The Hall–Kier alpha value is -1.59. The topological polar surface area (TPSA) is 127 Å². The SMILES string of the molecule is CC(=O)OC1C(Oc2ccc(I)cc2)OCC(C)C1C.CC(=O)OC1OCC(C)C(C)C1OC(C)=O.ClCCl.Oc1ccc(I)cc1. The molecular weight excluding hydrogens is 881 g/mol. The van der Waals surface area contributed by atoms with E-state index in [4.69, 9.17) is 56.7 Å². The summed E-state index contributed by atoms with van der Waals surface area (Å²) in [6.45, 7) is 13.3. The lowest BCUT2D eigenvalue weighted by molar-refractivity contribution is -0.244. The molecule has 2 heterocycles. The molecule has 2 saturated heterocycles. The van der Waals surface area contributed by atoms with Gasteiger partial charge in [-0.05, 0) is 106 Å². The van der Waals surface area contributed by atoms with Crippen molar-refractivity contribution < 1.29 is 47.9 Å². The van der Waals surface area contributed by atoms with Gasteiger partial charge in [0.1, 0.15) is 11.5 Å². The first-order valence-electron chi connectivity index (χ1n) is 14.8. The third-order valence-corrected chi connectivity index (χ3v) is 8.63. The molecule has 0 amide bonds. The zero-order valence-corrected chi connectivity index (χ0v) is 33.3. The molecule has 0 saturated carbocycles. The number of aromatic hydroxyl groups is 1. The van der Waals surface area contributed by atoms with Gasteiger partial charge in [-0.25, -0.2) is 0 Å². The molecule has 14 heteroatoms. The minimum Gasteiger partial charge on any atom is -0.508 e. The van der Waals surface area contributed by atoms with E-state index in [2.05, 4.69) is 59.0 Å². The van der Waals surface area contributed by atoms with Crippen LogP contribution in [0.1, 0.15) is 48.5 Å². The summed E-state index contributed by atoms with van der Waals surface area (Å²) in [6.07, 6.45) is -2.24. The van der Waals surface area contributed by atoms with Gasteiger partial charge in [0, 0.05) is 39.7 Å². The average molecular weight is 925 g/mol. The highest BCUT2D eigenvalue weighted by molar-refractivity contribution is 14.1. The van der Waals surface area contributed by atoms with Crippen molar-refractivity contribution >= 4 is 86.3 Å². The van der Waals surface area contributed by atoms with Gasteiger partial charge in [-0.15, -0.1) is 23.2 Å². The molecule has 47 heavy (non-hydrogen) atoms. The van der Waals surface area contributed by atoms with Crippen LogP contribution in [-0.4, -0.2) is 66.4 Å². The van der Waals surface area contributed by atoms with Crippen molar-refractivity contribution in [3.8, 4) is 11.5 Å². The number of rotatable bonds is 5. The molecule has 8 unspecified atom stereocenters. The second-order valence-corrected chi connectivity index (χ2v) is 14.3. The molecule has 0 spiro atoms. The van der Waals surface area contributed by atoms with Gasteiger partial charge in [0.2, 0.25) is 12.6 Å². The fourth-order valence-electron chi connectivity index (χ4n) is 4.29. The van der Waals surface area contributed by atoms with Gasteiger partial charge in [-0.1, -0.05) is 27.7 Å². The number of halogens is 4. The lowest BCUT2D eigenvalue weighted by Gasteiger charge is -2.38. The Morgan fingerprint density at radius 2 is 1.06 bits per heavy atom. The highest BCUT2D eigenvalue weighted by atomic mass is 127. The molecular formula is C33H44Cl2I2O10. The van der Waals surface area contributed by atoms with Gasteiger partial charge in [0.15, 0.2) is 12.2 Å². The van der Waals surface area contributed by atoms with Crippen LogP contribution >= 0.6 is 68.4 Å². The molecule has 2 fully saturated rings. The molecule has 0 aromatic heterocycles. The molecule has 2 aromatic carbocycles. The van der Waals surface area contributed by atoms with E-state index in [1.807, 2.05) is 50.2 Å². The molecule has 0 radical (unpaired) electrons. The number of hydrogen-bond donors (Lipinski definition) is 1. The van der Waals surface area contributed by atoms with Gasteiger partial charge < -0.3 is 33.5 Å². The van der Waals surface area contributed by atoms with Crippen molar-refractivity contribution in [1.82, 2.24) is 0 Å². The Balaban J connectivity index is 0.000000363. The monoisotopic (exact) mass is 924 g/mol. The van der Waals surface area contributed by atoms with Crippen LogP contribution in [0.25, 0.3) is 0 Å². The number of carbonyl (C=O) groups excluding carboxylic acids is 3. The lowest BCUT2D eigenvalue weighted by atomic mass is 9.88. The number of phenols is 1. The predicted octanol–water partition coefficient (Wildman–Crippen LogP) is 7.76. The van der Waals surface area contributed by atoms with E-state index in [1.54, 1.807) is 12.1 Å². The number of alkyl halides is 2. The minimum atomic E-state index is -0.785. The maximum atomic E-state index is 11.3. The minimum absolute atomic E-state index is 0.0991. The highest BCUT2D eigenvalue weighted by Crippen LogP contribution is 2.31. The summed E-state index contributed by atoms with van der Waals surface area (Å²) in [6, 6.07) is 14.8. The number of carbonyl (C=O) groups is 3. The molecule has 0 aliphatic carbocycles. The molecule has 1 N–H and O–H groups in total. The molecule has 2 aliphatic rings. The first kappa shape index (κ1) is 43.4. The number of benzene rings is 2. The van der Waals surface area contributed by atoms with Crippen LogP contribution in [0.2, 0.25) is 0 Å². The van der Waals surface area contributed by atoms with Gasteiger partial charge in [0.25, 0.3) is 0 Å². The summed E-state index contributed by atoms with van der Waals surface area (Å²) in [5, 5.41) is 8.95. The summed E-state index contributed by atoms with van der Waals surface area (Å²) < 4.78 is 34.7. The third kappa shape index (κ3) is 17.1. The van der Waals surface area contributed by atoms with Crippen molar-refractivity contribution in [3.63, 3.8) is 0 Å². The number of esters is 3. The van der Waals surface area contributed by atoms with Gasteiger partial charge in [-0.2, -0.15) is 0 Å².